The van der Waals surface area contributed by atoms with Crippen LogP contribution in [0.4, 0.5) is 34.1 Å². The minimum absolute atomic E-state index is 0.0409. The zero-order chi connectivity index (χ0) is 41.7. The molecule has 5 nitrogen and oxygen atoms in total. The summed E-state index contributed by atoms with van der Waals surface area (Å²) < 4.78 is 0. The van der Waals surface area contributed by atoms with Crippen LogP contribution in [0.1, 0.15) is 87.2 Å². The molecule has 0 unspecified atom stereocenters. The van der Waals surface area contributed by atoms with Crippen LogP contribution in [0.15, 0.2) is 170 Å². The van der Waals surface area contributed by atoms with E-state index in [0.29, 0.717) is 17.7 Å². The number of benzene rings is 7. The van der Waals surface area contributed by atoms with Gasteiger partial charge in [0, 0.05) is 39.7 Å². The van der Waals surface area contributed by atoms with Crippen molar-refractivity contribution in [3.8, 4) is 33.6 Å². The molecule has 0 spiro atoms. The molecule has 2 fully saturated rings. The third kappa shape index (κ3) is 6.84. The highest BCUT2D eigenvalue weighted by atomic mass is 15.2. The lowest BCUT2D eigenvalue weighted by Gasteiger charge is -2.45. The van der Waals surface area contributed by atoms with Gasteiger partial charge in [-0.25, -0.2) is 15.0 Å². The van der Waals surface area contributed by atoms with Crippen LogP contribution in [0.5, 0.6) is 0 Å². The van der Waals surface area contributed by atoms with E-state index in [4.69, 9.17) is 9.97 Å². The number of anilines is 6. The Balaban J connectivity index is 1.12. The third-order valence-electron chi connectivity index (χ3n) is 14.5. The van der Waals surface area contributed by atoms with Gasteiger partial charge in [-0.2, -0.15) is 0 Å². The summed E-state index contributed by atoms with van der Waals surface area (Å²) in [6, 6.07) is 59.5. The van der Waals surface area contributed by atoms with Crippen molar-refractivity contribution in [1.29, 1.82) is 0 Å². The Morgan fingerprint density at radius 1 is 0.397 bits per heavy atom. The first-order valence-electron chi connectivity index (χ1n) is 23.2. The maximum Gasteiger partial charge on any atom is 0.252 e. The average molecular weight is 816 g/mol. The summed E-state index contributed by atoms with van der Waals surface area (Å²) in [5.41, 5.74) is 20.0. The van der Waals surface area contributed by atoms with Crippen LogP contribution in [-0.4, -0.2) is 21.7 Å². The van der Waals surface area contributed by atoms with Gasteiger partial charge in [-0.1, -0.05) is 148 Å². The Morgan fingerprint density at radius 2 is 0.825 bits per heavy atom. The molecule has 0 N–H and O–H groups in total. The molecule has 2 aliphatic heterocycles. The first-order chi connectivity index (χ1) is 31.2. The Labute approximate surface area is 371 Å². The third-order valence-corrected chi connectivity index (χ3v) is 14.5. The number of fused-ring (bicyclic) bond motifs is 4. The molecule has 2 saturated carbocycles. The van der Waals surface area contributed by atoms with Crippen molar-refractivity contribution < 1.29 is 0 Å². The van der Waals surface area contributed by atoms with E-state index in [1.165, 1.54) is 125 Å². The fraction of sp³-hybridized carbons (Fsp3) is 0.211. The summed E-state index contributed by atoms with van der Waals surface area (Å²) in [6.45, 7) is 0.0409. The Bertz CT molecular complexity index is 2730. The number of nitrogens with zero attached hydrogens (tertiary/aromatic N) is 5. The Hall–Kier alpha value is -6.79. The second-order valence-corrected chi connectivity index (χ2v) is 18.1. The maximum absolute atomic E-state index is 4.75. The SMILES string of the molecule is c1ccc(-c2ccc(N3c4ccc(C5CCCCC5)cc4B4c5cc(C6CCCCC6)ccc5N(c5ccc(-c6ccccc6)cc5)c5cc(-c6ncncn6)cc3c54)cc2)cc1. The summed E-state index contributed by atoms with van der Waals surface area (Å²) >= 11 is 0. The molecular formula is C57H50BN5. The minimum Gasteiger partial charge on any atom is -0.311 e. The molecular weight excluding hydrogens is 765 g/mol. The predicted octanol–water partition coefficient (Wildman–Crippen LogP) is 13.1. The van der Waals surface area contributed by atoms with Crippen LogP contribution >= 0.6 is 0 Å². The van der Waals surface area contributed by atoms with Crippen LogP contribution in [-0.2, 0) is 0 Å². The fourth-order valence-electron chi connectivity index (χ4n) is 11.4. The van der Waals surface area contributed by atoms with Gasteiger partial charge in [0.05, 0.1) is 0 Å². The van der Waals surface area contributed by atoms with Gasteiger partial charge in [-0.05, 0) is 136 Å². The highest BCUT2D eigenvalue weighted by Gasteiger charge is 2.44. The van der Waals surface area contributed by atoms with Gasteiger partial charge in [0.15, 0.2) is 5.82 Å². The summed E-state index contributed by atoms with van der Waals surface area (Å²) in [5.74, 6) is 1.84. The van der Waals surface area contributed by atoms with E-state index in [1.54, 1.807) is 12.7 Å². The van der Waals surface area contributed by atoms with Crippen molar-refractivity contribution in [2.45, 2.75) is 76.0 Å². The molecule has 4 aliphatic rings. The largest absolute Gasteiger partial charge is 0.311 e. The van der Waals surface area contributed by atoms with Gasteiger partial charge < -0.3 is 9.80 Å². The van der Waals surface area contributed by atoms with Crippen molar-refractivity contribution in [2.75, 3.05) is 9.80 Å². The highest BCUT2D eigenvalue weighted by Crippen LogP contribution is 2.47. The van der Waals surface area contributed by atoms with Crippen LogP contribution in [0.25, 0.3) is 33.6 Å². The van der Waals surface area contributed by atoms with Gasteiger partial charge in [-0.15, -0.1) is 0 Å². The lowest BCUT2D eigenvalue weighted by Crippen LogP contribution is -2.61. The van der Waals surface area contributed by atoms with Gasteiger partial charge in [0.25, 0.3) is 6.71 Å². The monoisotopic (exact) mass is 815 g/mol. The van der Waals surface area contributed by atoms with Gasteiger partial charge in [-0.3, -0.25) is 0 Å². The van der Waals surface area contributed by atoms with Crippen molar-refractivity contribution in [1.82, 2.24) is 15.0 Å². The summed E-state index contributed by atoms with van der Waals surface area (Å²) in [5, 5.41) is 0. The predicted molar refractivity (Wildman–Crippen MR) is 262 cm³/mol. The van der Waals surface area contributed by atoms with E-state index in [1.807, 2.05) is 0 Å². The normalized spacial score (nSPS) is 16.0. The smallest absolute Gasteiger partial charge is 0.252 e. The van der Waals surface area contributed by atoms with Crippen molar-refractivity contribution in [3.05, 3.63) is 182 Å². The zero-order valence-corrected chi connectivity index (χ0v) is 35.7. The maximum atomic E-state index is 4.75. The molecule has 0 bridgehead atoms. The molecule has 6 heteroatoms. The molecule has 0 saturated heterocycles. The Morgan fingerprint density at radius 3 is 1.27 bits per heavy atom. The Kier molecular flexibility index (Phi) is 9.73. The standard InChI is InChI=1S/C57H50BN5/c1-5-13-39(14-6-1)43-21-27-48(28-22-43)62-52-31-25-45(41-17-9-3-10-18-41)33-50(52)58-51-34-46(42-19-11-4-12-20-42)26-32-53(51)63(49-29-23-44(24-30-49)40-15-7-2-8-16-40)55-36-47(35-54(62)56(55)58)57-60-37-59-38-61-57/h1-2,5-8,13-16,21-38,41-42H,3-4,9-12,17-20H2. The topological polar surface area (TPSA) is 45.2 Å². The van der Waals surface area contributed by atoms with Crippen molar-refractivity contribution in [3.63, 3.8) is 0 Å². The molecule has 3 heterocycles. The summed E-state index contributed by atoms with van der Waals surface area (Å²) in [4.78, 5) is 18.8. The molecule has 63 heavy (non-hydrogen) atoms. The molecule has 7 aromatic carbocycles. The number of rotatable bonds is 7. The lowest BCUT2D eigenvalue weighted by atomic mass is 9.33. The second-order valence-electron chi connectivity index (χ2n) is 18.1. The molecule has 2 aliphatic carbocycles. The van der Waals surface area contributed by atoms with Crippen molar-refractivity contribution in [2.24, 2.45) is 0 Å². The number of hydrogen-bond donors (Lipinski definition) is 0. The minimum atomic E-state index is 0.0409. The first-order valence-corrected chi connectivity index (χ1v) is 23.2. The van der Waals surface area contributed by atoms with E-state index in [2.05, 4.69) is 173 Å². The zero-order valence-electron chi connectivity index (χ0n) is 35.7. The van der Waals surface area contributed by atoms with Gasteiger partial charge in [0.2, 0.25) is 0 Å². The van der Waals surface area contributed by atoms with Crippen LogP contribution < -0.4 is 26.2 Å². The molecule has 1 aromatic heterocycles. The molecule has 8 aromatic rings. The van der Waals surface area contributed by atoms with Gasteiger partial charge >= 0.3 is 0 Å². The summed E-state index contributed by atoms with van der Waals surface area (Å²) in [6.07, 6.45) is 16.2. The van der Waals surface area contributed by atoms with Crippen LogP contribution in [0.2, 0.25) is 0 Å². The first kappa shape index (κ1) is 37.9. The molecule has 0 radical (unpaired) electrons. The quantitative estimate of drug-likeness (QED) is 0.150. The van der Waals surface area contributed by atoms with E-state index in [-0.39, 0.29) is 6.71 Å². The molecule has 12 rings (SSSR count). The lowest BCUT2D eigenvalue weighted by molar-refractivity contribution is 0.444. The molecule has 0 atom stereocenters. The average Bonchev–Trinajstić information content (AvgIpc) is 3.37. The van der Waals surface area contributed by atoms with Crippen molar-refractivity contribution >= 4 is 57.2 Å². The van der Waals surface area contributed by atoms with E-state index < -0.39 is 0 Å². The fourth-order valence-corrected chi connectivity index (χ4v) is 11.4. The van der Waals surface area contributed by atoms with E-state index in [9.17, 15) is 0 Å². The summed E-state index contributed by atoms with van der Waals surface area (Å²) in [7, 11) is 0. The second kappa shape index (κ2) is 16.2. The van der Waals surface area contributed by atoms with Crippen LogP contribution in [0, 0.1) is 0 Å². The van der Waals surface area contributed by atoms with Gasteiger partial charge in [0.1, 0.15) is 12.7 Å². The highest BCUT2D eigenvalue weighted by molar-refractivity contribution is 7.00. The van der Waals surface area contributed by atoms with E-state index >= 15 is 0 Å². The number of hydrogen-bond acceptors (Lipinski definition) is 5. The molecule has 0 amide bonds. The number of aromatic nitrogens is 3. The van der Waals surface area contributed by atoms with E-state index in [0.717, 1.165) is 28.3 Å². The van der Waals surface area contributed by atoms with Crippen LogP contribution in [0.3, 0.4) is 0 Å². The molecule has 306 valence electrons.